The summed E-state index contributed by atoms with van der Waals surface area (Å²) in [5, 5.41) is 8.96. The van der Waals surface area contributed by atoms with Crippen molar-refractivity contribution < 1.29 is 9.84 Å². The van der Waals surface area contributed by atoms with Crippen LogP contribution in [0.5, 0.6) is 5.75 Å². The summed E-state index contributed by atoms with van der Waals surface area (Å²) >= 11 is 3.47. The molecule has 2 nitrogen and oxygen atoms in total. The van der Waals surface area contributed by atoms with Gasteiger partial charge in [0.15, 0.2) is 0 Å². The number of aliphatic hydroxyl groups excluding tert-OH is 1. The largest absolute Gasteiger partial charge is 0.496 e. The van der Waals surface area contributed by atoms with Gasteiger partial charge in [-0.05, 0) is 52.4 Å². The third-order valence-electron chi connectivity index (χ3n) is 2.62. The molecule has 0 bridgehead atoms. The fraction of sp³-hybridized carbons (Fsp3) is 0.500. The van der Waals surface area contributed by atoms with Crippen LogP contribution in [0.1, 0.15) is 31.2 Å². The van der Waals surface area contributed by atoms with E-state index in [9.17, 15) is 0 Å². The fourth-order valence-electron chi connectivity index (χ4n) is 1.70. The SMILES string of the molecule is CCC(CCO)c1ccc(OC)c(Br)c1. The van der Waals surface area contributed by atoms with Gasteiger partial charge < -0.3 is 9.84 Å². The molecule has 0 heterocycles. The maximum absolute atomic E-state index is 8.96. The highest BCUT2D eigenvalue weighted by Crippen LogP contribution is 2.31. The molecule has 0 radical (unpaired) electrons. The Labute approximate surface area is 99.4 Å². The molecule has 0 aromatic heterocycles. The molecule has 0 saturated heterocycles. The van der Waals surface area contributed by atoms with E-state index in [2.05, 4.69) is 35.0 Å². The molecule has 1 rings (SSSR count). The molecule has 15 heavy (non-hydrogen) atoms. The summed E-state index contributed by atoms with van der Waals surface area (Å²) in [5.74, 6) is 1.27. The monoisotopic (exact) mass is 272 g/mol. The predicted octanol–water partition coefficient (Wildman–Crippen LogP) is 3.33. The van der Waals surface area contributed by atoms with E-state index in [0.29, 0.717) is 5.92 Å². The van der Waals surface area contributed by atoms with Crippen molar-refractivity contribution in [3.63, 3.8) is 0 Å². The van der Waals surface area contributed by atoms with Gasteiger partial charge in [-0.1, -0.05) is 13.0 Å². The third kappa shape index (κ3) is 3.21. The van der Waals surface area contributed by atoms with Gasteiger partial charge in [-0.15, -0.1) is 0 Å². The lowest BCUT2D eigenvalue weighted by molar-refractivity contribution is 0.274. The summed E-state index contributed by atoms with van der Waals surface area (Å²) in [4.78, 5) is 0. The first-order chi connectivity index (χ1) is 7.22. The lowest BCUT2D eigenvalue weighted by Crippen LogP contribution is -2.00. The Balaban J connectivity index is 2.89. The molecule has 0 aliphatic heterocycles. The Morgan fingerprint density at radius 3 is 2.67 bits per heavy atom. The number of aliphatic hydroxyl groups is 1. The highest BCUT2D eigenvalue weighted by molar-refractivity contribution is 9.10. The Hall–Kier alpha value is -0.540. The van der Waals surface area contributed by atoms with Crippen molar-refractivity contribution in [3.05, 3.63) is 28.2 Å². The number of methoxy groups -OCH3 is 1. The first-order valence-electron chi connectivity index (χ1n) is 5.17. The summed E-state index contributed by atoms with van der Waals surface area (Å²) in [6, 6.07) is 6.09. The van der Waals surface area contributed by atoms with E-state index < -0.39 is 0 Å². The van der Waals surface area contributed by atoms with Crippen molar-refractivity contribution in [2.24, 2.45) is 0 Å². The Bertz CT molecular complexity index is 312. The molecule has 1 N–H and O–H groups in total. The lowest BCUT2D eigenvalue weighted by Gasteiger charge is -2.15. The van der Waals surface area contributed by atoms with Gasteiger partial charge >= 0.3 is 0 Å². The van der Waals surface area contributed by atoms with Gasteiger partial charge in [0.25, 0.3) is 0 Å². The molecule has 0 spiro atoms. The van der Waals surface area contributed by atoms with Crippen molar-refractivity contribution in [1.29, 1.82) is 0 Å². The zero-order chi connectivity index (χ0) is 11.3. The summed E-state index contributed by atoms with van der Waals surface area (Å²) < 4.78 is 6.15. The van der Waals surface area contributed by atoms with Crippen molar-refractivity contribution >= 4 is 15.9 Å². The molecule has 1 atom stereocenters. The number of hydrogen-bond donors (Lipinski definition) is 1. The van der Waals surface area contributed by atoms with Gasteiger partial charge in [0.2, 0.25) is 0 Å². The van der Waals surface area contributed by atoms with Crippen LogP contribution >= 0.6 is 15.9 Å². The van der Waals surface area contributed by atoms with Crippen molar-refractivity contribution in [2.45, 2.75) is 25.7 Å². The average Bonchev–Trinajstić information content (AvgIpc) is 2.25. The lowest BCUT2D eigenvalue weighted by atomic mass is 9.93. The van der Waals surface area contributed by atoms with Crippen molar-refractivity contribution in [2.75, 3.05) is 13.7 Å². The normalized spacial score (nSPS) is 12.5. The van der Waals surface area contributed by atoms with Crippen LogP contribution in [0.3, 0.4) is 0 Å². The third-order valence-corrected chi connectivity index (χ3v) is 3.24. The van der Waals surface area contributed by atoms with E-state index in [1.54, 1.807) is 7.11 Å². The second-order valence-corrected chi connectivity index (χ2v) is 4.37. The standard InChI is InChI=1S/C12H17BrO2/c1-3-9(6-7-14)10-4-5-12(15-2)11(13)8-10/h4-5,8-9,14H,3,6-7H2,1-2H3. The number of halogens is 1. The van der Waals surface area contributed by atoms with Crippen LogP contribution in [0.2, 0.25) is 0 Å². The van der Waals surface area contributed by atoms with Gasteiger partial charge in [0.05, 0.1) is 11.6 Å². The minimum atomic E-state index is 0.238. The van der Waals surface area contributed by atoms with Crippen LogP contribution in [-0.2, 0) is 0 Å². The molecule has 1 aromatic carbocycles. The Morgan fingerprint density at radius 2 is 2.20 bits per heavy atom. The molecule has 0 aliphatic rings. The predicted molar refractivity (Wildman–Crippen MR) is 65.4 cm³/mol. The topological polar surface area (TPSA) is 29.5 Å². The Morgan fingerprint density at radius 1 is 1.47 bits per heavy atom. The molecule has 0 fully saturated rings. The molecular weight excluding hydrogens is 256 g/mol. The van der Waals surface area contributed by atoms with Crippen LogP contribution in [0.25, 0.3) is 0 Å². The summed E-state index contributed by atoms with van der Waals surface area (Å²) in [6.07, 6.45) is 1.86. The molecule has 1 unspecified atom stereocenters. The van der Waals surface area contributed by atoms with Crippen LogP contribution in [0.4, 0.5) is 0 Å². The molecule has 84 valence electrons. The molecule has 1 aromatic rings. The second kappa shape index (κ2) is 6.13. The molecular formula is C12H17BrO2. The van der Waals surface area contributed by atoms with E-state index in [1.807, 2.05) is 6.07 Å². The number of rotatable bonds is 5. The van der Waals surface area contributed by atoms with Gasteiger partial charge in [0.1, 0.15) is 5.75 Å². The van der Waals surface area contributed by atoms with E-state index >= 15 is 0 Å². The number of ether oxygens (including phenoxy) is 1. The van der Waals surface area contributed by atoms with Crippen molar-refractivity contribution in [1.82, 2.24) is 0 Å². The van der Waals surface area contributed by atoms with Crippen LogP contribution in [0, 0.1) is 0 Å². The van der Waals surface area contributed by atoms with E-state index in [4.69, 9.17) is 9.84 Å². The molecule has 0 saturated carbocycles. The van der Waals surface area contributed by atoms with Crippen LogP contribution in [-0.4, -0.2) is 18.8 Å². The Kier molecular flexibility index (Phi) is 5.12. The maximum Gasteiger partial charge on any atom is 0.133 e. The molecule has 0 aliphatic carbocycles. The van der Waals surface area contributed by atoms with E-state index in [-0.39, 0.29) is 6.61 Å². The fourth-order valence-corrected chi connectivity index (χ4v) is 2.26. The maximum atomic E-state index is 8.96. The average molecular weight is 273 g/mol. The zero-order valence-electron chi connectivity index (χ0n) is 9.16. The summed E-state index contributed by atoms with van der Waals surface area (Å²) in [5.41, 5.74) is 1.25. The zero-order valence-corrected chi connectivity index (χ0v) is 10.8. The number of benzene rings is 1. The highest BCUT2D eigenvalue weighted by atomic mass is 79.9. The van der Waals surface area contributed by atoms with Gasteiger partial charge in [-0.2, -0.15) is 0 Å². The van der Waals surface area contributed by atoms with Crippen molar-refractivity contribution in [3.8, 4) is 5.75 Å². The first-order valence-corrected chi connectivity index (χ1v) is 5.96. The molecule has 3 heteroatoms. The smallest absolute Gasteiger partial charge is 0.133 e. The first kappa shape index (κ1) is 12.5. The summed E-state index contributed by atoms with van der Waals surface area (Å²) in [7, 11) is 1.66. The minimum absolute atomic E-state index is 0.238. The molecule has 0 amide bonds. The summed E-state index contributed by atoms with van der Waals surface area (Å²) in [6.45, 7) is 2.38. The van der Waals surface area contributed by atoms with Gasteiger partial charge in [0, 0.05) is 6.61 Å². The van der Waals surface area contributed by atoms with E-state index in [1.165, 1.54) is 5.56 Å². The van der Waals surface area contributed by atoms with E-state index in [0.717, 1.165) is 23.1 Å². The quantitative estimate of drug-likeness (QED) is 0.891. The van der Waals surface area contributed by atoms with Gasteiger partial charge in [-0.3, -0.25) is 0 Å². The second-order valence-electron chi connectivity index (χ2n) is 3.51. The highest BCUT2D eigenvalue weighted by Gasteiger charge is 2.10. The number of hydrogen-bond acceptors (Lipinski definition) is 2. The van der Waals surface area contributed by atoms with Gasteiger partial charge in [-0.25, -0.2) is 0 Å². The van der Waals surface area contributed by atoms with Crippen LogP contribution < -0.4 is 4.74 Å². The van der Waals surface area contributed by atoms with Crippen LogP contribution in [0.15, 0.2) is 22.7 Å². The minimum Gasteiger partial charge on any atom is -0.496 e.